The van der Waals surface area contributed by atoms with Crippen molar-refractivity contribution in [2.45, 2.75) is 37.5 Å². The Bertz CT molecular complexity index is 700. The van der Waals surface area contributed by atoms with Gasteiger partial charge in [-0.1, -0.05) is 17.7 Å². The Kier molecular flexibility index (Phi) is 4.57. The van der Waals surface area contributed by atoms with Crippen molar-refractivity contribution in [1.29, 1.82) is 0 Å². The van der Waals surface area contributed by atoms with Gasteiger partial charge in [0.05, 0.1) is 16.7 Å². The molecule has 1 aromatic rings. The van der Waals surface area contributed by atoms with E-state index in [1.807, 2.05) is 6.92 Å². The molecule has 5 nitrogen and oxygen atoms in total. The summed E-state index contributed by atoms with van der Waals surface area (Å²) >= 11 is 0. The monoisotopic (exact) mass is 307 g/mol. The molecule has 6 heteroatoms. The predicted octanol–water partition coefficient (Wildman–Crippen LogP) is 2.71. The number of hydrogen-bond donors (Lipinski definition) is 1. The van der Waals surface area contributed by atoms with Crippen LogP contribution in [0.3, 0.4) is 0 Å². The molecule has 0 aromatic heterocycles. The second-order valence-electron chi connectivity index (χ2n) is 5.01. The molecule has 0 unspecified atom stereocenters. The number of ketones is 1. The second kappa shape index (κ2) is 6.22. The number of allylic oxidation sites excluding steroid dienone is 2. The maximum atomic E-state index is 12.1. The number of nitrogens with zero attached hydrogens (tertiary/aromatic N) is 1. The lowest BCUT2D eigenvalue weighted by Gasteiger charge is -2.02. The number of Topliss-reactive ketones (excluding diaryl/α,β-unsaturated/α-hetero) is 1. The van der Waals surface area contributed by atoms with E-state index in [9.17, 15) is 18.3 Å². The van der Waals surface area contributed by atoms with Gasteiger partial charge in [0, 0.05) is 12.8 Å². The summed E-state index contributed by atoms with van der Waals surface area (Å²) in [6.45, 7) is 1.85. The van der Waals surface area contributed by atoms with Gasteiger partial charge in [-0.05, 0) is 31.9 Å². The fourth-order valence-corrected chi connectivity index (χ4v) is 2.89. The molecule has 0 atom stereocenters. The Hall–Kier alpha value is -1.95. The smallest absolute Gasteiger partial charge is 0.282 e. The quantitative estimate of drug-likeness (QED) is 0.870. The topological polar surface area (TPSA) is 83.8 Å². The number of aryl methyl sites for hydroxylation is 1. The molecule has 1 N–H and O–H groups in total. The molecular formula is C15H17NO4S. The van der Waals surface area contributed by atoms with Gasteiger partial charge in [0.15, 0.2) is 5.78 Å². The molecule has 1 aliphatic carbocycles. The highest BCUT2D eigenvalue weighted by atomic mass is 32.2. The van der Waals surface area contributed by atoms with Crippen molar-refractivity contribution in [1.82, 2.24) is 0 Å². The maximum absolute atomic E-state index is 12.1. The normalized spacial score (nSPS) is 17.3. The van der Waals surface area contributed by atoms with Crippen LogP contribution in [0.4, 0.5) is 0 Å². The molecule has 0 saturated carbocycles. The molecule has 0 amide bonds. The van der Waals surface area contributed by atoms with Crippen LogP contribution in [0.25, 0.3) is 0 Å². The standard InChI is InChI=1S/C15H17NO4S/c1-11-6-8-12(9-7-11)21(19,20)16-10-13-14(17)4-2-3-5-15(13)18/h6-10,17H,2-5H2,1H3/b16-10+. The van der Waals surface area contributed by atoms with E-state index in [1.165, 1.54) is 12.1 Å². The number of carbonyl (C=O) groups is 1. The zero-order valence-corrected chi connectivity index (χ0v) is 12.6. The number of hydrogen-bond acceptors (Lipinski definition) is 4. The van der Waals surface area contributed by atoms with E-state index in [0.29, 0.717) is 25.7 Å². The highest BCUT2D eigenvalue weighted by Gasteiger charge is 2.18. The van der Waals surface area contributed by atoms with Gasteiger partial charge >= 0.3 is 0 Å². The molecule has 112 valence electrons. The summed E-state index contributed by atoms with van der Waals surface area (Å²) < 4.78 is 27.7. The van der Waals surface area contributed by atoms with Gasteiger partial charge in [0.2, 0.25) is 0 Å². The van der Waals surface area contributed by atoms with E-state index in [0.717, 1.165) is 11.8 Å². The zero-order valence-electron chi connectivity index (χ0n) is 11.7. The molecule has 1 aromatic carbocycles. The summed E-state index contributed by atoms with van der Waals surface area (Å²) in [5, 5.41) is 9.80. The van der Waals surface area contributed by atoms with Crippen LogP contribution in [0, 0.1) is 6.92 Å². The molecule has 0 bridgehead atoms. The van der Waals surface area contributed by atoms with Gasteiger partial charge in [0.1, 0.15) is 5.76 Å². The van der Waals surface area contributed by atoms with E-state index in [1.54, 1.807) is 12.1 Å². The molecule has 21 heavy (non-hydrogen) atoms. The largest absolute Gasteiger partial charge is 0.512 e. The second-order valence-corrected chi connectivity index (χ2v) is 6.65. The van der Waals surface area contributed by atoms with Crippen molar-refractivity contribution in [2.24, 2.45) is 4.40 Å². The molecule has 2 rings (SSSR count). The third-order valence-corrected chi connectivity index (χ3v) is 4.57. The lowest BCUT2D eigenvalue weighted by Crippen LogP contribution is -2.07. The minimum atomic E-state index is -3.86. The van der Waals surface area contributed by atoms with E-state index in [4.69, 9.17) is 0 Å². The molecule has 0 spiro atoms. The highest BCUT2D eigenvalue weighted by Crippen LogP contribution is 2.19. The van der Waals surface area contributed by atoms with Gasteiger partial charge in [-0.2, -0.15) is 12.8 Å². The Morgan fingerprint density at radius 3 is 2.43 bits per heavy atom. The van der Waals surface area contributed by atoms with Crippen LogP contribution in [-0.4, -0.2) is 25.5 Å². The van der Waals surface area contributed by atoms with E-state index in [2.05, 4.69) is 4.40 Å². The number of rotatable bonds is 3. The minimum absolute atomic E-state index is 0.00295. The van der Waals surface area contributed by atoms with Crippen molar-refractivity contribution in [3.63, 3.8) is 0 Å². The number of benzene rings is 1. The Morgan fingerprint density at radius 2 is 1.76 bits per heavy atom. The maximum Gasteiger partial charge on any atom is 0.282 e. The van der Waals surface area contributed by atoms with Crippen LogP contribution in [-0.2, 0) is 14.8 Å². The number of aliphatic hydroxyl groups excluding tert-OH is 1. The van der Waals surface area contributed by atoms with Crippen LogP contribution >= 0.6 is 0 Å². The van der Waals surface area contributed by atoms with Crippen molar-refractivity contribution < 1.29 is 18.3 Å². The molecular weight excluding hydrogens is 290 g/mol. The third kappa shape index (κ3) is 3.78. The Balaban J connectivity index is 2.30. The fraction of sp³-hybridized carbons (Fsp3) is 0.333. The number of aliphatic hydroxyl groups is 1. The SMILES string of the molecule is Cc1ccc(S(=O)(=O)/N=C/C2=C(O)CCCCC2=O)cc1. The molecule has 0 fully saturated rings. The van der Waals surface area contributed by atoms with Crippen LogP contribution < -0.4 is 0 Å². The van der Waals surface area contributed by atoms with Crippen molar-refractivity contribution in [2.75, 3.05) is 0 Å². The van der Waals surface area contributed by atoms with Gasteiger partial charge in [-0.25, -0.2) is 0 Å². The van der Waals surface area contributed by atoms with Gasteiger partial charge in [0.25, 0.3) is 10.0 Å². The number of sulfonamides is 1. The van der Waals surface area contributed by atoms with Crippen molar-refractivity contribution in [3.05, 3.63) is 41.2 Å². The van der Waals surface area contributed by atoms with Gasteiger partial charge in [-0.15, -0.1) is 0 Å². The summed E-state index contributed by atoms with van der Waals surface area (Å²) in [5.74, 6) is -0.354. The molecule has 0 heterocycles. The average molecular weight is 307 g/mol. The van der Waals surface area contributed by atoms with Gasteiger partial charge < -0.3 is 5.11 Å². The number of carbonyl (C=O) groups excluding carboxylic acids is 1. The summed E-state index contributed by atoms with van der Waals surface area (Å²) in [6, 6.07) is 6.28. The average Bonchev–Trinajstić information content (AvgIpc) is 2.59. The van der Waals surface area contributed by atoms with Crippen LogP contribution in [0.2, 0.25) is 0 Å². The summed E-state index contributed by atoms with van der Waals surface area (Å²) in [5.41, 5.74) is 0.945. The summed E-state index contributed by atoms with van der Waals surface area (Å²) in [7, 11) is -3.86. The van der Waals surface area contributed by atoms with E-state index in [-0.39, 0.29) is 22.0 Å². The Labute approximate surface area is 124 Å². The third-order valence-electron chi connectivity index (χ3n) is 3.32. The Morgan fingerprint density at radius 1 is 1.14 bits per heavy atom. The van der Waals surface area contributed by atoms with Crippen LogP contribution in [0.1, 0.15) is 31.2 Å². The van der Waals surface area contributed by atoms with Gasteiger partial charge in [-0.3, -0.25) is 4.79 Å². The molecule has 0 radical (unpaired) electrons. The van der Waals surface area contributed by atoms with E-state index >= 15 is 0 Å². The lowest BCUT2D eigenvalue weighted by atomic mass is 10.1. The van der Waals surface area contributed by atoms with Crippen molar-refractivity contribution in [3.8, 4) is 0 Å². The minimum Gasteiger partial charge on any atom is -0.512 e. The highest BCUT2D eigenvalue weighted by molar-refractivity contribution is 7.90. The first-order valence-electron chi connectivity index (χ1n) is 6.72. The molecule has 0 saturated heterocycles. The first kappa shape index (κ1) is 15.4. The molecule has 0 aliphatic heterocycles. The zero-order chi connectivity index (χ0) is 15.5. The van der Waals surface area contributed by atoms with Crippen molar-refractivity contribution >= 4 is 22.0 Å². The fourth-order valence-electron chi connectivity index (χ4n) is 2.05. The summed E-state index contributed by atoms with van der Waals surface area (Å²) in [6.07, 6.45) is 3.04. The predicted molar refractivity (Wildman–Crippen MR) is 80.0 cm³/mol. The first-order chi connectivity index (χ1) is 9.90. The lowest BCUT2D eigenvalue weighted by molar-refractivity contribution is -0.115. The van der Waals surface area contributed by atoms with Crippen LogP contribution in [0.15, 0.2) is 44.9 Å². The molecule has 1 aliphatic rings. The van der Waals surface area contributed by atoms with Crippen LogP contribution in [0.5, 0.6) is 0 Å². The first-order valence-corrected chi connectivity index (χ1v) is 8.16. The van der Waals surface area contributed by atoms with E-state index < -0.39 is 10.0 Å². The summed E-state index contributed by atoms with van der Waals surface area (Å²) in [4.78, 5) is 11.9.